The fourth-order valence-electron chi connectivity index (χ4n) is 17.2. The van der Waals surface area contributed by atoms with Crippen molar-refractivity contribution >= 4 is 33.7 Å². The highest BCUT2D eigenvalue weighted by Gasteiger charge is 2.63. The van der Waals surface area contributed by atoms with Crippen LogP contribution >= 0.6 is 15.9 Å². The van der Waals surface area contributed by atoms with Crippen molar-refractivity contribution in [2.24, 2.45) is 85.8 Å². The molecule has 10 heteroatoms. The molecule has 0 aromatic carbocycles. The summed E-state index contributed by atoms with van der Waals surface area (Å²) in [7, 11) is 0. The summed E-state index contributed by atoms with van der Waals surface area (Å²) < 4.78 is 1.78. The molecule has 2 N–H and O–H groups in total. The van der Waals surface area contributed by atoms with Crippen LogP contribution < -0.4 is 0 Å². The molecule has 0 unspecified atom stereocenters. The summed E-state index contributed by atoms with van der Waals surface area (Å²) >= 11 is 3.43. The molecule has 16 atom stereocenters. The Bertz CT molecular complexity index is 2040. The number of nitrogens with zero attached hydrogens (tertiary/aromatic N) is 5. The number of allylic oxidation sites excluding steroid dienone is 1. The van der Waals surface area contributed by atoms with Gasteiger partial charge in [0.15, 0.2) is 11.5 Å². The van der Waals surface area contributed by atoms with Gasteiger partial charge in [0.1, 0.15) is 11.9 Å². The Kier molecular flexibility index (Phi) is 15.4. The second-order valence-electron chi connectivity index (χ2n) is 23.9. The van der Waals surface area contributed by atoms with E-state index in [0.29, 0.717) is 63.5 Å². The number of nitriles is 1. The van der Waals surface area contributed by atoms with Crippen molar-refractivity contribution in [2.75, 3.05) is 5.33 Å². The van der Waals surface area contributed by atoms with E-state index in [4.69, 9.17) is 11.8 Å². The zero-order chi connectivity index (χ0) is 45.2. The number of carbonyl (C=O) groups is 2. The van der Waals surface area contributed by atoms with Crippen LogP contribution in [0.1, 0.15) is 184 Å². The Morgan fingerprint density at radius 2 is 1.23 bits per heavy atom. The van der Waals surface area contributed by atoms with Gasteiger partial charge in [-0.2, -0.15) is 5.26 Å². The van der Waals surface area contributed by atoms with Crippen LogP contribution in [-0.2, 0) is 16.1 Å². The maximum absolute atomic E-state index is 13.3. The monoisotopic (exact) mass is 958 g/mol. The predicted molar refractivity (Wildman–Crippen MR) is 264 cm³/mol. The number of carbonyl (C=O) groups excluding carboxylic acids is 2. The van der Waals surface area contributed by atoms with Gasteiger partial charge in [-0.1, -0.05) is 71.1 Å². The standard InChI is InChI=1S/C26H37N3O2.C22H35BrO2.C5H4N2.2CH4/c1-24(31)10-11-25(2)17(12-24)4-5-19-20-6-7-22(26(20,3)9-8-21(19)25)23(30)15-29-14-18(13-27)28-16-29;1-20(25)10-11-21(2)14(12-20)4-5-15-16-6-7-18(19(24)13-23)22(16,3)9-8-17(15)21;1-6-5-3-2-4-7-5;;/h14,16-17,19-22,31H,4-12,15H2,1-3H3;14-18,25H,4-13H2,1-3H3;3-4H,2H2;2*1H4/t17-,19+,20+,21+,22-,24-,25+,26+;14-,15+,16+,17+,18-,20-,21+,22+;;;/m11.../s1. The first-order chi connectivity index (χ1) is 29.8. The molecule has 360 valence electrons. The fourth-order valence-corrected chi connectivity index (χ4v) is 17.6. The van der Waals surface area contributed by atoms with Crippen molar-refractivity contribution < 1.29 is 19.8 Å². The summed E-state index contributed by atoms with van der Waals surface area (Å²) in [6.07, 6.45) is 28.5. The van der Waals surface area contributed by atoms with Gasteiger partial charge in [-0.3, -0.25) is 9.59 Å². The predicted octanol–water partition coefficient (Wildman–Crippen LogP) is 12.6. The molecule has 1 aromatic heterocycles. The minimum Gasteiger partial charge on any atom is -0.390 e. The molecule has 8 saturated carbocycles. The average Bonchev–Trinajstić information content (AvgIpc) is 4.07. The van der Waals surface area contributed by atoms with Gasteiger partial charge in [0, 0.05) is 24.5 Å². The summed E-state index contributed by atoms with van der Waals surface area (Å²) in [5.41, 5.74) is 0.587. The molecule has 0 bridgehead atoms. The number of imidazole rings is 1. The Morgan fingerprint density at radius 3 is 1.65 bits per heavy atom. The number of aliphatic hydroxyl groups is 2. The molecule has 10 rings (SSSR count). The Hall–Kier alpha value is -2.66. The lowest BCUT2D eigenvalue weighted by Crippen LogP contribution is -2.55. The average molecular weight is 959 g/mol. The van der Waals surface area contributed by atoms with Crippen molar-refractivity contribution in [1.82, 2.24) is 9.55 Å². The first-order valence-electron chi connectivity index (χ1n) is 24.9. The Balaban J connectivity index is 0.000000185. The second kappa shape index (κ2) is 19.4. The van der Waals surface area contributed by atoms with E-state index in [1.54, 1.807) is 29.4 Å². The number of hydrogen-bond donors (Lipinski definition) is 2. The number of aliphatic imine (C=N–C) groups is 1. The molecule has 0 saturated heterocycles. The summed E-state index contributed by atoms with van der Waals surface area (Å²) in [6.45, 7) is 20.8. The molecule has 8 fully saturated rings. The van der Waals surface area contributed by atoms with Gasteiger partial charge in [0.2, 0.25) is 0 Å². The normalized spacial score (nSPS) is 45.1. The van der Waals surface area contributed by atoms with Gasteiger partial charge < -0.3 is 19.6 Å². The van der Waals surface area contributed by atoms with Gasteiger partial charge >= 0.3 is 0 Å². The number of aromatic nitrogens is 2. The molecule has 2 heterocycles. The number of fused-ring (bicyclic) bond motifs is 10. The molecule has 9 aliphatic rings. The fraction of sp³-hybridized carbons (Fsp3) is 0.818. The van der Waals surface area contributed by atoms with Crippen molar-refractivity contribution in [3.05, 3.63) is 41.5 Å². The quantitative estimate of drug-likeness (QED) is 0.223. The van der Waals surface area contributed by atoms with Crippen LogP contribution in [0.2, 0.25) is 0 Å². The number of Topliss-reactive ketones (excluding diaryl/α,β-unsaturated/α-hetero) is 2. The van der Waals surface area contributed by atoms with Gasteiger partial charge in [0.05, 0.1) is 35.6 Å². The maximum atomic E-state index is 13.3. The highest BCUT2D eigenvalue weighted by Crippen LogP contribution is 2.70. The lowest BCUT2D eigenvalue weighted by molar-refractivity contribution is -0.151. The molecule has 0 radical (unpaired) electrons. The van der Waals surface area contributed by atoms with E-state index >= 15 is 0 Å². The third kappa shape index (κ3) is 9.43. The van der Waals surface area contributed by atoms with Crippen LogP contribution in [-0.4, -0.2) is 54.1 Å². The minimum absolute atomic E-state index is 0. The summed E-state index contributed by atoms with van der Waals surface area (Å²) in [6, 6.07) is 2.05. The zero-order valence-corrected chi connectivity index (χ0v) is 40.8. The van der Waals surface area contributed by atoms with E-state index in [1.165, 1.54) is 64.2 Å². The third-order valence-corrected chi connectivity index (χ3v) is 21.2. The molecule has 65 heavy (non-hydrogen) atoms. The van der Waals surface area contributed by atoms with Crippen LogP contribution in [0.4, 0.5) is 0 Å². The van der Waals surface area contributed by atoms with Gasteiger partial charge in [-0.25, -0.2) is 4.98 Å². The Labute approximate surface area is 401 Å². The lowest BCUT2D eigenvalue weighted by Gasteiger charge is -2.61. The van der Waals surface area contributed by atoms with Crippen molar-refractivity contribution in [3.63, 3.8) is 0 Å². The van der Waals surface area contributed by atoms with Crippen LogP contribution in [0.15, 0.2) is 29.4 Å². The molecule has 0 amide bonds. The van der Waals surface area contributed by atoms with Crippen LogP contribution in [0.3, 0.4) is 0 Å². The first-order valence-corrected chi connectivity index (χ1v) is 26.0. The number of hydrogen-bond acceptors (Lipinski definition) is 7. The van der Waals surface area contributed by atoms with Gasteiger partial charge in [-0.15, -0.1) is 4.99 Å². The van der Waals surface area contributed by atoms with Crippen LogP contribution in [0.5, 0.6) is 0 Å². The van der Waals surface area contributed by atoms with Gasteiger partial charge in [0.25, 0.3) is 5.82 Å². The van der Waals surface area contributed by atoms with Crippen molar-refractivity contribution in [3.8, 4) is 6.07 Å². The van der Waals surface area contributed by atoms with E-state index in [0.717, 1.165) is 87.4 Å². The third-order valence-electron chi connectivity index (χ3n) is 20.6. The summed E-state index contributed by atoms with van der Waals surface area (Å²) in [5, 5.41) is 30.8. The number of alkyl halides is 1. The van der Waals surface area contributed by atoms with E-state index in [-0.39, 0.29) is 37.5 Å². The molecule has 1 aliphatic heterocycles. The van der Waals surface area contributed by atoms with E-state index in [2.05, 4.69) is 58.4 Å². The minimum atomic E-state index is -0.482. The molecular formula is C55H84BrN5O4. The van der Waals surface area contributed by atoms with Crippen molar-refractivity contribution in [1.29, 1.82) is 5.26 Å². The molecule has 1 aromatic rings. The largest absolute Gasteiger partial charge is 0.390 e. The number of ketones is 2. The molecule has 0 spiro atoms. The molecule has 8 aliphatic carbocycles. The number of rotatable bonds is 5. The summed E-state index contributed by atoms with van der Waals surface area (Å²) in [5.74, 6) is 7.57. The van der Waals surface area contributed by atoms with E-state index in [1.807, 2.05) is 19.9 Å². The topological polar surface area (TPSA) is 133 Å². The molecular weight excluding hydrogens is 875 g/mol. The summed E-state index contributed by atoms with van der Waals surface area (Å²) in [4.78, 5) is 36.7. The zero-order valence-electron chi connectivity index (χ0n) is 39.3. The smallest absolute Gasteiger partial charge is 0.265 e. The maximum Gasteiger partial charge on any atom is 0.265 e. The van der Waals surface area contributed by atoms with Crippen LogP contribution in [0, 0.1) is 98.7 Å². The highest BCUT2D eigenvalue weighted by atomic mass is 79.9. The number of halogens is 1. The highest BCUT2D eigenvalue weighted by molar-refractivity contribution is 9.09. The van der Waals surface area contributed by atoms with E-state index < -0.39 is 11.2 Å². The van der Waals surface area contributed by atoms with E-state index in [9.17, 15) is 19.8 Å². The first kappa shape index (κ1) is 51.7. The second-order valence-corrected chi connectivity index (χ2v) is 24.5. The van der Waals surface area contributed by atoms with Crippen LogP contribution in [0.25, 0.3) is 4.85 Å². The molecule has 9 nitrogen and oxygen atoms in total. The lowest BCUT2D eigenvalue weighted by atomic mass is 9.44. The SMILES string of the molecule is C.C.C[C@@]1(O)CC[C@@]2(C)[C@H](CC[C@@H]3[C@@H]2CC[C@]2(C)[C@@H](C(=O)CBr)CC[C@@H]32)C1.C[C@@]1(O)CC[C@@]2(C)[C@H](CC[C@@H]3[C@@H]2CC[C@]2(C)[C@@H](C(=O)Cn4cnc(C#N)c4)CC[C@@H]32)C1.[C-]#[N+]C1=CCC=N1. The van der Waals surface area contributed by atoms with Crippen molar-refractivity contribution in [2.45, 2.75) is 196 Å². The van der Waals surface area contributed by atoms with Gasteiger partial charge in [-0.05, 0) is 198 Å². The Morgan fingerprint density at radius 1 is 0.738 bits per heavy atom.